The lowest BCUT2D eigenvalue weighted by Crippen LogP contribution is -2.06. The number of aliphatic hydroxyl groups excluding tert-OH is 1. The predicted molar refractivity (Wildman–Crippen MR) is 44.9 cm³/mol. The third-order valence-corrected chi connectivity index (χ3v) is 1.90. The minimum Gasteiger partial charge on any atom is -0.396 e. The van der Waals surface area contributed by atoms with Crippen molar-refractivity contribution < 1.29 is 5.11 Å². The molecule has 0 heterocycles. The van der Waals surface area contributed by atoms with Crippen molar-refractivity contribution in [1.82, 2.24) is 0 Å². The molecular weight excluding hydrogens is 124 g/mol. The highest BCUT2D eigenvalue weighted by Gasteiger charge is 2.05. The zero-order chi connectivity index (χ0) is 7.98. The van der Waals surface area contributed by atoms with Gasteiger partial charge in [0.05, 0.1) is 0 Å². The number of aliphatic hydroxyl groups is 1. The zero-order valence-corrected chi connectivity index (χ0v) is 7.43. The van der Waals surface area contributed by atoms with Crippen LogP contribution < -0.4 is 0 Å². The highest BCUT2D eigenvalue weighted by molar-refractivity contribution is 4.57. The van der Waals surface area contributed by atoms with E-state index in [9.17, 15) is 0 Å². The van der Waals surface area contributed by atoms with Crippen LogP contribution in [-0.4, -0.2) is 11.7 Å². The quantitative estimate of drug-likeness (QED) is 0.628. The van der Waals surface area contributed by atoms with E-state index in [0.29, 0.717) is 12.5 Å². The average molecular weight is 144 g/mol. The smallest absolute Gasteiger partial charge is 0.0456 e. The number of rotatable bonds is 5. The summed E-state index contributed by atoms with van der Waals surface area (Å²) in [6.45, 7) is 6.91. The highest BCUT2D eigenvalue weighted by atomic mass is 16.3. The first kappa shape index (κ1) is 9.96. The average Bonchev–Trinajstić information content (AvgIpc) is 1.88. The Kier molecular flexibility index (Phi) is 5.70. The van der Waals surface area contributed by atoms with Gasteiger partial charge in [-0.25, -0.2) is 0 Å². The third kappa shape index (κ3) is 4.80. The van der Waals surface area contributed by atoms with Gasteiger partial charge in [-0.3, -0.25) is 0 Å². The minimum atomic E-state index is 0.341. The maximum atomic E-state index is 8.75. The molecule has 1 nitrogen and oxygen atoms in total. The summed E-state index contributed by atoms with van der Waals surface area (Å²) < 4.78 is 0. The second-order valence-electron chi connectivity index (χ2n) is 3.42. The van der Waals surface area contributed by atoms with E-state index in [0.717, 1.165) is 5.92 Å². The largest absolute Gasteiger partial charge is 0.396 e. The van der Waals surface area contributed by atoms with Crippen LogP contribution in [0.1, 0.15) is 40.0 Å². The third-order valence-electron chi connectivity index (χ3n) is 1.90. The Balaban J connectivity index is 3.27. The van der Waals surface area contributed by atoms with E-state index < -0.39 is 0 Å². The van der Waals surface area contributed by atoms with Crippen LogP contribution in [0.4, 0.5) is 0 Å². The molecule has 0 radical (unpaired) electrons. The van der Waals surface area contributed by atoms with Gasteiger partial charge < -0.3 is 5.11 Å². The van der Waals surface area contributed by atoms with E-state index in [1.54, 1.807) is 0 Å². The summed E-state index contributed by atoms with van der Waals surface area (Å²) in [5.74, 6) is 1.27. The Bertz CT molecular complexity index is 71.1. The van der Waals surface area contributed by atoms with Crippen LogP contribution in [0.15, 0.2) is 0 Å². The summed E-state index contributed by atoms with van der Waals surface area (Å²) in [4.78, 5) is 0. The molecule has 0 spiro atoms. The fourth-order valence-electron chi connectivity index (χ4n) is 1.37. The van der Waals surface area contributed by atoms with Gasteiger partial charge in [-0.1, -0.05) is 33.6 Å². The lowest BCUT2D eigenvalue weighted by Gasteiger charge is -2.13. The zero-order valence-electron chi connectivity index (χ0n) is 7.43. The molecule has 0 aliphatic carbocycles. The molecule has 0 saturated carbocycles. The van der Waals surface area contributed by atoms with Crippen molar-refractivity contribution in [3.63, 3.8) is 0 Å². The van der Waals surface area contributed by atoms with Gasteiger partial charge in [0.1, 0.15) is 0 Å². The highest BCUT2D eigenvalue weighted by Crippen LogP contribution is 2.15. The first-order chi connectivity index (χ1) is 4.70. The summed E-state index contributed by atoms with van der Waals surface area (Å²) in [6.07, 6.45) is 3.73. The summed E-state index contributed by atoms with van der Waals surface area (Å²) in [6, 6.07) is 0. The topological polar surface area (TPSA) is 20.2 Å². The Labute approximate surface area is 64.5 Å². The van der Waals surface area contributed by atoms with E-state index in [-0.39, 0.29) is 0 Å². The van der Waals surface area contributed by atoms with E-state index >= 15 is 0 Å². The fraction of sp³-hybridized carbons (Fsp3) is 1.00. The van der Waals surface area contributed by atoms with E-state index in [4.69, 9.17) is 5.11 Å². The molecule has 1 heteroatoms. The number of hydrogen-bond acceptors (Lipinski definition) is 1. The Morgan fingerprint density at radius 2 is 1.80 bits per heavy atom. The second-order valence-corrected chi connectivity index (χ2v) is 3.42. The molecule has 0 aromatic rings. The summed E-state index contributed by atoms with van der Waals surface area (Å²) in [5, 5.41) is 8.75. The minimum absolute atomic E-state index is 0.341. The summed E-state index contributed by atoms with van der Waals surface area (Å²) in [5.41, 5.74) is 0. The molecule has 2 atom stereocenters. The molecule has 62 valence electrons. The van der Waals surface area contributed by atoms with E-state index in [2.05, 4.69) is 20.8 Å². The monoisotopic (exact) mass is 144 g/mol. The molecule has 0 aliphatic heterocycles. The Hall–Kier alpha value is -0.0400. The lowest BCUT2D eigenvalue weighted by molar-refractivity contribution is 0.213. The van der Waals surface area contributed by atoms with Crippen LogP contribution in [0.5, 0.6) is 0 Å². The van der Waals surface area contributed by atoms with Crippen molar-refractivity contribution in [2.75, 3.05) is 6.61 Å². The van der Waals surface area contributed by atoms with Crippen molar-refractivity contribution >= 4 is 0 Å². The van der Waals surface area contributed by atoms with Crippen LogP contribution in [0.3, 0.4) is 0 Å². The van der Waals surface area contributed by atoms with Gasteiger partial charge in [-0.05, 0) is 18.3 Å². The van der Waals surface area contributed by atoms with Crippen molar-refractivity contribution in [2.24, 2.45) is 11.8 Å². The van der Waals surface area contributed by atoms with Gasteiger partial charge in [0.15, 0.2) is 0 Å². The van der Waals surface area contributed by atoms with Crippen LogP contribution in [-0.2, 0) is 0 Å². The molecule has 0 rings (SSSR count). The SMILES string of the molecule is CCCC(C)CC(C)CO. The van der Waals surface area contributed by atoms with Gasteiger partial charge in [-0.2, -0.15) is 0 Å². The van der Waals surface area contributed by atoms with Gasteiger partial charge in [0.2, 0.25) is 0 Å². The van der Waals surface area contributed by atoms with Gasteiger partial charge in [0.25, 0.3) is 0 Å². The molecule has 0 amide bonds. The number of hydrogen-bond donors (Lipinski definition) is 1. The molecule has 0 aliphatic rings. The first-order valence-corrected chi connectivity index (χ1v) is 4.31. The first-order valence-electron chi connectivity index (χ1n) is 4.31. The Morgan fingerprint density at radius 1 is 1.20 bits per heavy atom. The van der Waals surface area contributed by atoms with Crippen LogP contribution in [0.25, 0.3) is 0 Å². The molecule has 1 N–H and O–H groups in total. The predicted octanol–water partition coefficient (Wildman–Crippen LogP) is 2.44. The van der Waals surface area contributed by atoms with Crippen molar-refractivity contribution in [1.29, 1.82) is 0 Å². The molecule has 2 unspecified atom stereocenters. The maximum Gasteiger partial charge on any atom is 0.0456 e. The normalized spacial score (nSPS) is 16.8. The van der Waals surface area contributed by atoms with Crippen LogP contribution in [0.2, 0.25) is 0 Å². The second kappa shape index (κ2) is 5.72. The Morgan fingerprint density at radius 3 is 2.20 bits per heavy atom. The lowest BCUT2D eigenvalue weighted by atomic mass is 9.94. The van der Waals surface area contributed by atoms with Crippen molar-refractivity contribution in [3.8, 4) is 0 Å². The standard InChI is InChI=1S/C9H20O/c1-4-5-8(2)6-9(3)7-10/h8-10H,4-7H2,1-3H3. The van der Waals surface area contributed by atoms with E-state index in [1.807, 2.05) is 0 Å². The molecule has 0 aromatic carbocycles. The van der Waals surface area contributed by atoms with Crippen molar-refractivity contribution in [3.05, 3.63) is 0 Å². The van der Waals surface area contributed by atoms with Crippen LogP contribution in [0, 0.1) is 11.8 Å². The molecule has 0 fully saturated rings. The van der Waals surface area contributed by atoms with Crippen LogP contribution >= 0.6 is 0 Å². The molecule has 10 heavy (non-hydrogen) atoms. The molecule has 0 saturated heterocycles. The molecule has 0 bridgehead atoms. The molecular formula is C9H20O. The van der Waals surface area contributed by atoms with Gasteiger partial charge >= 0.3 is 0 Å². The van der Waals surface area contributed by atoms with Gasteiger partial charge in [0, 0.05) is 6.61 Å². The van der Waals surface area contributed by atoms with Gasteiger partial charge in [-0.15, -0.1) is 0 Å². The summed E-state index contributed by atoms with van der Waals surface area (Å²) >= 11 is 0. The maximum absolute atomic E-state index is 8.75. The van der Waals surface area contributed by atoms with E-state index in [1.165, 1.54) is 19.3 Å². The summed E-state index contributed by atoms with van der Waals surface area (Å²) in [7, 11) is 0. The molecule has 0 aromatic heterocycles. The fourth-order valence-corrected chi connectivity index (χ4v) is 1.37. The van der Waals surface area contributed by atoms with Crippen molar-refractivity contribution in [2.45, 2.75) is 40.0 Å².